The van der Waals surface area contributed by atoms with E-state index >= 15 is 0 Å². The van der Waals surface area contributed by atoms with Crippen LogP contribution in [0.3, 0.4) is 0 Å². The summed E-state index contributed by atoms with van der Waals surface area (Å²) < 4.78 is 24.9. The minimum absolute atomic E-state index is 0.0515. The first-order chi connectivity index (χ1) is 13.9. The van der Waals surface area contributed by atoms with Gasteiger partial charge in [0.15, 0.2) is 16.7 Å². The van der Waals surface area contributed by atoms with Crippen molar-refractivity contribution in [3.63, 3.8) is 0 Å². The molecule has 0 radical (unpaired) electrons. The molecule has 152 valence electrons. The molecule has 1 aliphatic rings. The zero-order valence-electron chi connectivity index (χ0n) is 16.1. The number of nitrogens with zero attached hydrogens (tertiary/aromatic N) is 2. The maximum Gasteiger partial charge on any atom is 0.241 e. The maximum absolute atomic E-state index is 13.8. The fourth-order valence-electron chi connectivity index (χ4n) is 2.71. The van der Waals surface area contributed by atoms with Gasteiger partial charge >= 0.3 is 0 Å². The van der Waals surface area contributed by atoms with Crippen molar-refractivity contribution in [2.24, 2.45) is 5.10 Å². The van der Waals surface area contributed by atoms with E-state index in [4.69, 9.17) is 9.47 Å². The van der Waals surface area contributed by atoms with E-state index in [0.29, 0.717) is 22.2 Å². The third kappa shape index (κ3) is 4.86. The largest absolute Gasteiger partial charge is 0.493 e. The Morgan fingerprint density at radius 2 is 1.97 bits per heavy atom. The second-order valence-corrected chi connectivity index (χ2v) is 7.28. The molecular weight excluding hydrogens is 397 g/mol. The molecule has 1 aliphatic heterocycles. The third-order valence-corrected chi connectivity index (χ3v) is 5.17. The van der Waals surface area contributed by atoms with E-state index in [1.165, 1.54) is 43.8 Å². The van der Waals surface area contributed by atoms with Crippen LogP contribution >= 0.6 is 11.8 Å². The van der Waals surface area contributed by atoms with Gasteiger partial charge in [-0.2, -0.15) is 0 Å². The van der Waals surface area contributed by atoms with Crippen molar-refractivity contribution in [3.8, 4) is 11.5 Å². The highest BCUT2D eigenvalue weighted by Gasteiger charge is 2.32. The highest BCUT2D eigenvalue weighted by Crippen LogP contribution is 2.41. The number of benzene rings is 2. The van der Waals surface area contributed by atoms with Crippen molar-refractivity contribution < 1.29 is 23.5 Å². The number of rotatable bonds is 5. The summed E-state index contributed by atoms with van der Waals surface area (Å²) >= 11 is 1.24. The molecule has 1 atom stereocenters. The van der Waals surface area contributed by atoms with Crippen molar-refractivity contribution in [1.82, 2.24) is 10.3 Å². The van der Waals surface area contributed by atoms with Gasteiger partial charge in [-0.25, -0.2) is 9.40 Å². The van der Waals surface area contributed by atoms with E-state index in [0.717, 1.165) is 5.56 Å². The molecule has 1 N–H and O–H groups in total. The zero-order chi connectivity index (χ0) is 21.0. The molecule has 2 aromatic carbocycles. The smallest absolute Gasteiger partial charge is 0.241 e. The summed E-state index contributed by atoms with van der Waals surface area (Å²) in [4.78, 5) is 23.3. The first kappa shape index (κ1) is 20.7. The number of carbonyl (C=O) groups is 2. The number of amidine groups is 1. The minimum Gasteiger partial charge on any atom is -0.493 e. The van der Waals surface area contributed by atoms with Gasteiger partial charge in [-0.05, 0) is 23.8 Å². The maximum atomic E-state index is 13.8. The number of halogens is 1. The van der Waals surface area contributed by atoms with Crippen molar-refractivity contribution in [2.75, 3.05) is 7.11 Å². The second-order valence-electron chi connectivity index (χ2n) is 6.21. The van der Waals surface area contributed by atoms with Gasteiger partial charge < -0.3 is 14.8 Å². The molecule has 0 bridgehead atoms. The summed E-state index contributed by atoms with van der Waals surface area (Å²) in [6.07, 6.45) is 0. The quantitative estimate of drug-likeness (QED) is 0.806. The lowest BCUT2D eigenvalue weighted by molar-refractivity contribution is -0.129. The number of hydrogen-bond acceptors (Lipinski definition) is 6. The number of amides is 2. The molecule has 2 aromatic rings. The van der Waals surface area contributed by atoms with Gasteiger partial charge in [-0.3, -0.25) is 9.59 Å². The molecule has 0 fully saturated rings. The Bertz CT molecular complexity index is 966. The van der Waals surface area contributed by atoms with Crippen LogP contribution in [0.25, 0.3) is 0 Å². The van der Waals surface area contributed by atoms with Crippen LogP contribution < -0.4 is 14.8 Å². The molecule has 3 rings (SSSR count). The molecule has 0 saturated heterocycles. The van der Waals surface area contributed by atoms with Crippen LogP contribution in [0.5, 0.6) is 11.5 Å². The lowest BCUT2D eigenvalue weighted by Gasteiger charge is -2.20. The summed E-state index contributed by atoms with van der Waals surface area (Å²) in [6, 6.07) is 11.6. The van der Waals surface area contributed by atoms with Crippen LogP contribution in [-0.4, -0.2) is 29.1 Å². The minimum atomic E-state index is -0.455. The van der Waals surface area contributed by atoms with Crippen LogP contribution in [0.1, 0.15) is 30.3 Å². The van der Waals surface area contributed by atoms with Gasteiger partial charge in [-0.15, -0.1) is 5.10 Å². The van der Waals surface area contributed by atoms with Crippen LogP contribution in [0.15, 0.2) is 47.6 Å². The Kier molecular flexibility index (Phi) is 6.38. The molecule has 0 unspecified atom stereocenters. The topological polar surface area (TPSA) is 80.2 Å². The monoisotopic (exact) mass is 417 g/mol. The molecule has 0 aliphatic carbocycles. The van der Waals surface area contributed by atoms with Gasteiger partial charge in [0.25, 0.3) is 0 Å². The van der Waals surface area contributed by atoms with Crippen LogP contribution in [-0.2, 0) is 16.2 Å². The standard InChI is InChI=1S/C20H20FN3O4S/c1-12(25)22-20-23-24(13(2)26)19(29-20)14-8-9-17(18(10-14)27-3)28-11-15-6-4-5-7-16(15)21/h4-10,19H,11H2,1-3H3,(H,22,23,25)/t19-/m1/s1. The first-order valence-corrected chi connectivity index (χ1v) is 9.63. The summed E-state index contributed by atoms with van der Waals surface area (Å²) in [5.41, 5.74) is 1.17. The van der Waals surface area contributed by atoms with Crippen molar-refractivity contribution in [2.45, 2.75) is 25.8 Å². The fraction of sp³-hybridized carbons (Fsp3) is 0.250. The molecule has 0 spiro atoms. The van der Waals surface area contributed by atoms with E-state index in [-0.39, 0.29) is 24.2 Å². The molecule has 0 saturated carbocycles. The molecule has 2 amide bonds. The van der Waals surface area contributed by atoms with Crippen LogP contribution in [0, 0.1) is 5.82 Å². The first-order valence-electron chi connectivity index (χ1n) is 8.76. The average Bonchev–Trinajstić information content (AvgIpc) is 3.10. The highest BCUT2D eigenvalue weighted by molar-refractivity contribution is 8.14. The van der Waals surface area contributed by atoms with E-state index in [1.54, 1.807) is 36.4 Å². The summed E-state index contributed by atoms with van der Waals surface area (Å²) in [5.74, 6) is 0.0116. The lowest BCUT2D eigenvalue weighted by Crippen LogP contribution is -2.25. The SMILES string of the molecule is COc1cc([C@H]2SC(NC(C)=O)=NN2C(C)=O)ccc1OCc1ccccc1F. The van der Waals surface area contributed by atoms with E-state index < -0.39 is 5.37 Å². The Morgan fingerprint density at radius 1 is 1.21 bits per heavy atom. The molecule has 29 heavy (non-hydrogen) atoms. The predicted molar refractivity (Wildman–Crippen MR) is 108 cm³/mol. The number of hydrogen-bond donors (Lipinski definition) is 1. The second kappa shape index (κ2) is 8.95. The van der Waals surface area contributed by atoms with Crippen molar-refractivity contribution in [1.29, 1.82) is 0 Å². The summed E-state index contributed by atoms with van der Waals surface area (Å²) in [7, 11) is 1.50. The molecule has 1 heterocycles. The lowest BCUT2D eigenvalue weighted by atomic mass is 10.2. The molecular formula is C20H20FN3O4S. The normalized spacial score (nSPS) is 15.7. The average molecular weight is 417 g/mol. The third-order valence-electron chi connectivity index (χ3n) is 4.06. The number of methoxy groups -OCH3 is 1. The van der Waals surface area contributed by atoms with Gasteiger partial charge in [-0.1, -0.05) is 36.0 Å². The van der Waals surface area contributed by atoms with Gasteiger partial charge in [0.2, 0.25) is 11.8 Å². The zero-order valence-corrected chi connectivity index (χ0v) is 17.0. The molecule has 0 aromatic heterocycles. The number of hydrazone groups is 1. The van der Waals surface area contributed by atoms with Crippen LogP contribution in [0.2, 0.25) is 0 Å². The van der Waals surface area contributed by atoms with Gasteiger partial charge in [0.05, 0.1) is 7.11 Å². The molecule has 9 heteroatoms. The van der Waals surface area contributed by atoms with Crippen LogP contribution in [0.4, 0.5) is 4.39 Å². The summed E-state index contributed by atoms with van der Waals surface area (Å²) in [6.45, 7) is 2.83. The Morgan fingerprint density at radius 3 is 2.62 bits per heavy atom. The molecule has 7 nitrogen and oxygen atoms in total. The van der Waals surface area contributed by atoms with Crippen molar-refractivity contribution in [3.05, 3.63) is 59.4 Å². The Balaban J connectivity index is 1.80. The van der Waals surface area contributed by atoms with E-state index in [9.17, 15) is 14.0 Å². The predicted octanol–water partition coefficient (Wildman–Crippen LogP) is 3.41. The number of thioether (sulfide) groups is 1. The van der Waals surface area contributed by atoms with E-state index in [2.05, 4.69) is 10.4 Å². The number of nitrogens with one attached hydrogen (secondary N) is 1. The Hall–Kier alpha value is -3.07. The van der Waals surface area contributed by atoms with Gasteiger partial charge in [0.1, 0.15) is 17.8 Å². The van der Waals surface area contributed by atoms with Crippen molar-refractivity contribution >= 4 is 28.7 Å². The Labute approximate surface area is 171 Å². The van der Waals surface area contributed by atoms with Gasteiger partial charge in [0, 0.05) is 19.4 Å². The summed E-state index contributed by atoms with van der Waals surface area (Å²) in [5, 5.41) is 7.95. The number of carbonyl (C=O) groups excluding carboxylic acids is 2. The van der Waals surface area contributed by atoms with E-state index in [1.807, 2.05) is 0 Å². The highest BCUT2D eigenvalue weighted by atomic mass is 32.2. The fourth-order valence-corrected chi connectivity index (χ4v) is 3.83. The number of ether oxygens (including phenoxy) is 2.